The Bertz CT molecular complexity index is 205. The summed E-state index contributed by atoms with van der Waals surface area (Å²) in [4.78, 5) is 0. The SMILES string of the molecule is CCCNC(C=C(C)C)C(OC)C1CC1. The zero-order valence-electron chi connectivity index (χ0n) is 10.5. The van der Waals surface area contributed by atoms with Crippen molar-refractivity contribution in [3.05, 3.63) is 11.6 Å². The first kappa shape index (κ1) is 12.7. The Kier molecular flexibility index (Phi) is 5.34. The van der Waals surface area contributed by atoms with Crippen LogP contribution in [0.3, 0.4) is 0 Å². The summed E-state index contributed by atoms with van der Waals surface area (Å²) in [5.41, 5.74) is 1.37. The average Bonchev–Trinajstić information content (AvgIpc) is 2.98. The third-order valence-corrected chi connectivity index (χ3v) is 2.86. The molecular weight excluding hydrogens is 186 g/mol. The second-order valence-electron chi connectivity index (χ2n) is 4.76. The summed E-state index contributed by atoms with van der Waals surface area (Å²) in [6.45, 7) is 7.58. The van der Waals surface area contributed by atoms with Gasteiger partial charge in [0.1, 0.15) is 0 Å². The van der Waals surface area contributed by atoms with Gasteiger partial charge >= 0.3 is 0 Å². The Balaban J connectivity index is 2.55. The minimum atomic E-state index is 0.367. The fourth-order valence-corrected chi connectivity index (χ4v) is 2.00. The van der Waals surface area contributed by atoms with Crippen molar-refractivity contribution in [2.45, 2.75) is 52.2 Å². The maximum Gasteiger partial charge on any atom is 0.0788 e. The minimum absolute atomic E-state index is 0.367. The van der Waals surface area contributed by atoms with Gasteiger partial charge in [-0.05, 0) is 45.6 Å². The van der Waals surface area contributed by atoms with Crippen LogP contribution >= 0.6 is 0 Å². The van der Waals surface area contributed by atoms with Gasteiger partial charge in [-0.15, -0.1) is 0 Å². The standard InChI is InChI=1S/C13H25NO/c1-5-8-14-12(9-10(2)3)13(15-4)11-6-7-11/h9,11-14H,5-8H2,1-4H3. The van der Waals surface area contributed by atoms with Gasteiger partial charge < -0.3 is 10.1 Å². The lowest BCUT2D eigenvalue weighted by Crippen LogP contribution is -2.41. The first-order chi connectivity index (χ1) is 7.19. The molecule has 0 aromatic heterocycles. The lowest BCUT2D eigenvalue weighted by atomic mass is 10.0. The second-order valence-corrected chi connectivity index (χ2v) is 4.76. The molecule has 1 aliphatic rings. The average molecular weight is 211 g/mol. The molecule has 0 bridgehead atoms. The van der Waals surface area contributed by atoms with Gasteiger partial charge in [-0.1, -0.05) is 18.6 Å². The lowest BCUT2D eigenvalue weighted by Gasteiger charge is -2.25. The van der Waals surface area contributed by atoms with Crippen LogP contribution < -0.4 is 5.32 Å². The highest BCUT2D eigenvalue weighted by Gasteiger charge is 2.35. The van der Waals surface area contributed by atoms with Crippen LogP contribution in [-0.4, -0.2) is 25.8 Å². The molecule has 0 amide bonds. The van der Waals surface area contributed by atoms with E-state index in [1.165, 1.54) is 24.8 Å². The zero-order valence-corrected chi connectivity index (χ0v) is 10.5. The molecule has 1 aliphatic carbocycles. The second kappa shape index (κ2) is 6.29. The fraction of sp³-hybridized carbons (Fsp3) is 0.846. The van der Waals surface area contributed by atoms with E-state index in [4.69, 9.17) is 4.74 Å². The summed E-state index contributed by atoms with van der Waals surface area (Å²) >= 11 is 0. The van der Waals surface area contributed by atoms with Crippen molar-refractivity contribution in [3.63, 3.8) is 0 Å². The number of hydrogen-bond acceptors (Lipinski definition) is 2. The van der Waals surface area contributed by atoms with Crippen molar-refractivity contribution in [1.29, 1.82) is 0 Å². The quantitative estimate of drug-likeness (QED) is 0.654. The summed E-state index contributed by atoms with van der Waals surface area (Å²) in [5.74, 6) is 0.778. The molecule has 1 fully saturated rings. The fourth-order valence-electron chi connectivity index (χ4n) is 2.00. The van der Waals surface area contributed by atoms with E-state index in [1.807, 2.05) is 7.11 Å². The van der Waals surface area contributed by atoms with Gasteiger partial charge in [0.2, 0.25) is 0 Å². The highest BCUT2D eigenvalue weighted by molar-refractivity contribution is 5.06. The normalized spacial score (nSPS) is 19.7. The number of hydrogen-bond donors (Lipinski definition) is 1. The number of nitrogens with one attached hydrogen (secondary N) is 1. The van der Waals surface area contributed by atoms with Gasteiger partial charge in [0.25, 0.3) is 0 Å². The summed E-state index contributed by atoms with van der Waals surface area (Å²) < 4.78 is 5.63. The van der Waals surface area contributed by atoms with E-state index in [1.54, 1.807) is 0 Å². The summed E-state index contributed by atoms with van der Waals surface area (Å²) in [5, 5.41) is 3.57. The molecule has 2 nitrogen and oxygen atoms in total. The summed E-state index contributed by atoms with van der Waals surface area (Å²) in [6, 6.07) is 0.396. The molecule has 0 aromatic rings. The van der Waals surface area contributed by atoms with E-state index in [2.05, 4.69) is 32.2 Å². The highest BCUT2D eigenvalue weighted by Crippen LogP contribution is 2.36. The van der Waals surface area contributed by atoms with Crippen LogP contribution in [0.25, 0.3) is 0 Å². The van der Waals surface area contributed by atoms with Gasteiger partial charge in [0.15, 0.2) is 0 Å². The van der Waals surface area contributed by atoms with E-state index in [-0.39, 0.29) is 0 Å². The van der Waals surface area contributed by atoms with Gasteiger partial charge in [0.05, 0.1) is 12.1 Å². The molecule has 1 saturated carbocycles. The smallest absolute Gasteiger partial charge is 0.0788 e. The highest BCUT2D eigenvalue weighted by atomic mass is 16.5. The zero-order chi connectivity index (χ0) is 11.3. The molecule has 0 aliphatic heterocycles. The first-order valence-electron chi connectivity index (χ1n) is 6.10. The Labute approximate surface area is 94.1 Å². The Morgan fingerprint density at radius 3 is 2.53 bits per heavy atom. The number of rotatable bonds is 7. The third-order valence-electron chi connectivity index (χ3n) is 2.86. The molecule has 0 heterocycles. The monoisotopic (exact) mass is 211 g/mol. The topological polar surface area (TPSA) is 21.3 Å². The number of allylic oxidation sites excluding steroid dienone is 1. The maximum absolute atomic E-state index is 5.63. The van der Waals surface area contributed by atoms with E-state index >= 15 is 0 Å². The molecule has 88 valence electrons. The van der Waals surface area contributed by atoms with E-state index in [9.17, 15) is 0 Å². The minimum Gasteiger partial charge on any atom is -0.379 e. The van der Waals surface area contributed by atoms with Gasteiger partial charge in [-0.3, -0.25) is 0 Å². The summed E-state index contributed by atoms with van der Waals surface area (Å²) in [6.07, 6.45) is 6.52. The van der Waals surface area contributed by atoms with Crippen molar-refractivity contribution in [1.82, 2.24) is 5.32 Å². The van der Waals surface area contributed by atoms with E-state index in [0.29, 0.717) is 12.1 Å². The van der Waals surface area contributed by atoms with E-state index < -0.39 is 0 Å². The van der Waals surface area contributed by atoms with E-state index in [0.717, 1.165) is 12.5 Å². The Morgan fingerprint density at radius 2 is 2.13 bits per heavy atom. The van der Waals surface area contributed by atoms with Crippen LogP contribution in [0, 0.1) is 5.92 Å². The van der Waals surface area contributed by atoms with Crippen molar-refractivity contribution >= 4 is 0 Å². The molecule has 1 N–H and O–H groups in total. The third kappa shape index (κ3) is 4.35. The van der Waals surface area contributed by atoms with Crippen LogP contribution in [0.15, 0.2) is 11.6 Å². The summed E-state index contributed by atoms with van der Waals surface area (Å²) in [7, 11) is 1.84. The number of ether oxygens (including phenoxy) is 1. The molecule has 0 radical (unpaired) electrons. The molecule has 2 unspecified atom stereocenters. The van der Waals surface area contributed by atoms with Gasteiger partial charge in [-0.25, -0.2) is 0 Å². The Morgan fingerprint density at radius 1 is 1.47 bits per heavy atom. The molecule has 15 heavy (non-hydrogen) atoms. The molecule has 0 spiro atoms. The molecular formula is C13H25NO. The van der Waals surface area contributed by atoms with Crippen LogP contribution in [0.4, 0.5) is 0 Å². The lowest BCUT2D eigenvalue weighted by molar-refractivity contribution is 0.0642. The molecule has 0 saturated heterocycles. The van der Waals surface area contributed by atoms with Gasteiger partial charge in [-0.2, -0.15) is 0 Å². The first-order valence-corrected chi connectivity index (χ1v) is 6.10. The molecule has 2 heteroatoms. The molecule has 0 aromatic carbocycles. The van der Waals surface area contributed by atoms with Crippen molar-refractivity contribution in [3.8, 4) is 0 Å². The molecule has 1 rings (SSSR count). The predicted octanol–water partition coefficient (Wildman–Crippen LogP) is 2.75. The predicted molar refractivity (Wildman–Crippen MR) is 65.0 cm³/mol. The van der Waals surface area contributed by atoms with Crippen LogP contribution in [0.1, 0.15) is 40.0 Å². The molecule has 2 atom stereocenters. The van der Waals surface area contributed by atoms with Crippen molar-refractivity contribution < 1.29 is 4.74 Å². The van der Waals surface area contributed by atoms with Gasteiger partial charge in [0, 0.05) is 7.11 Å². The van der Waals surface area contributed by atoms with Crippen LogP contribution in [0.5, 0.6) is 0 Å². The largest absolute Gasteiger partial charge is 0.379 e. The van der Waals surface area contributed by atoms with Crippen LogP contribution in [0.2, 0.25) is 0 Å². The van der Waals surface area contributed by atoms with Crippen LogP contribution in [-0.2, 0) is 4.74 Å². The number of methoxy groups -OCH3 is 1. The van der Waals surface area contributed by atoms with Crippen molar-refractivity contribution in [2.75, 3.05) is 13.7 Å². The maximum atomic E-state index is 5.63. The van der Waals surface area contributed by atoms with Crippen molar-refractivity contribution in [2.24, 2.45) is 5.92 Å². The Hall–Kier alpha value is -0.340.